The second-order valence-electron chi connectivity index (χ2n) is 8.13. The molecule has 0 aromatic rings. The van der Waals surface area contributed by atoms with Gasteiger partial charge in [-0.25, -0.2) is 4.79 Å². The molecule has 1 aliphatic rings. The third-order valence-electron chi connectivity index (χ3n) is 4.78. The predicted octanol–water partition coefficient (Wildman–Crippen LogP) is 2.75. The average Bonchev–Trinajstić information content (AvgIpc) is 2.41. The Kier molecular flexibility index (Phi) is 6.64. The number of nitrogens with zero attached hydrogens (tertiary/aromatic N) is 1. The number of aliphatic hydroxyl groups is 1. The molecular formula is C18H35NO4. The Morgan fingerprint density at radius 3 is 2.13 bits per heavy atom. The minimum Gasteiger partial charge on any atom is -0.467 e. The molecule has 0 radical (unpaired) electrons. The van der Waals surface area contributed by atoms with Crippen LogP contribution < -0.4 is 0 Å². The summed E-state index contributed by atoms with van der Waals surface area (Å²) in [6.45, 7) is 13.5. The van der Waals surface area contributed by atoms with Crippen LogP contribution in [0.4, 0.5) is 0 Å². The summed E-state index contributed by atoms with van der Waals surface area (Å²) in [6.07, 6.45) is 2.66. The molecule has 1 heterocycles. The highest BCUT2D eigenvalue weighted by atomic mass is 16.6. The number of hydrogen-bond acceptors (Lipinski definition) is 5. The van der Waals surface area contributed by atoms with Crippen molar-refractivity contribution in [1.29, 1.82) is 0 Å². The van der Waals surface area contributed by atoms with Crippen LogP contribution in [-0.2, 0) is 14.3 Å². The van der Waals surface area contributed by atoms with Crippen LogP contribution in [0, 0.1) is 0 Å². The molecule has 1 aliphatic heterocycles. The molecule has 5 heteroatoms. The van der Waals surface area contributed by atoms with Crippen LogP contribution in [0.25, 0.3) is 0 Å². The molecule has 0 spiro atoms. The first-order chi connectivity index (χ1) is 10.5. The maximum Gasteiger partial charge on any atom is 0.338 e. The molecule has 0 aliphatic carbocycles. The van der Waals surface area contributed by atoms with Crippen molar-refractivity contribution < 1.29 is 19.4 Å². The molecule has 23 heavy (non-hydrogen) atoms. The standard InChI is InChI=1S/C18H35NO4/c1-8-9-10-23-18(15(21)22-7)12-16(3,4)19(11-14(2)20)17(5,6)13-18/h14,20H,8-13H2,1-7H3. The number of carbonyl (C=O) groups excluding carboxylic acids is 1. The van der Waals surface area contributed by atoms with Crippen molar-refractivity contribution in [3.05, 3.63) is 0 Å². The van der Waals surface area contributed by atoms with Crippen molar-refractivity contribution >= 4 is 5.97 Å². The number of esters is 1. The number of aliphatic hydroxyl groups excluding tert-OH is 1. The zero-order valence-corrected chi connectivity index (χ0v) is 15.9. The monoisotopic (exact) mass is 329 g/mol. The van der Waals surface area contributed by atoms with E-state index in [1.54, 1.807) is 6.92 Å². The van der Waals surface area contributed by atoms with E-state index in [9.17, 15) is 9.90 Å². The fourth-order valence-corrected chi connectivity index (χ4v) is 4.13. The number of hydrogen-bond donors (Lipinski definition) is 1. The van der Waals surface area contributed by atoms with Crippen molar-refractivity contribution in [2.75, 3.05) is 20.3 Å². The van der Waals surface area contributed by atoms with E-state index in [4.69, 9.17) is 9.47 Å². The highest BCUT2D eigenvalue weighted by Crippen LogP contribution is 2.46. The van der Waals surface area contributed by atoms with Gasteiger partial charge in [0.1, 0.15) is 0 Å². The Labute approximate surface area is 141 Å². The Balaban J connectivity index is 3.14. The molecular weight excluding hydrogens is 294 g/mol. The van der Waals surface area contributed by atoms with E-state index < -0.39 is 11.7 Å². The van der Waals surface area contributed by atoms with Gasteiger partial charge in [-0.15, -0.1) is 0 Å². The van der Waals surface area contributed by atoms with Gasteiger partial charge in [-0.3, -0.25) is 4.90 Å². The number of β-amino-alcohol motifs (C(OH)–C–C–N with tert-alkyl or cyclic N) is 1. The molecule has 1 atom stereocenters. The van der Waals surface area contributed by atoms with Gasteiger partial charge in [-0.05, 0) is 41.0 Å². The van der Waals surface area contributed by atoms with Crippen molar-refractivity contribution in [3.8, 4) is 0 Å². The molecule has 0 aromatic carbocycles. The third kappa shape index (κ3) is 4.68. The van der Waals surface area contributed by atoms with Crippen molar-refractivity contribution in [3.63, 3.8) is 0 Å². The normalized spacial score (nSPS) is 24.2. The summed E-state index contributed by atoms with van der Waals surface area (Å²) < 4.78 is 11.2. The van der Waals surface area contributed by atoms with Crippen LogP contribution in [0.5, 0.6) is 0 Å². The first-order valence-corrected chi connectivity index (χ1v) is 8.69. The summed E-state index contributed by atoms with van der Waals surface area (Å²) in [5.74, 6) is -0.286. The number of ether oxygens (including phenoxy) is 2. The minimum absolute atomic E-state index is 0.279. The Hall–Kier alpha value is -0.650. The van der Waals surface area contributed by atoms with Crippen molar-refractivity contribution in [1.82, 2.24) is 4.90 Å². The largest absolute Gasteiger partial charge is 0.467 e. The van der Waals surface area contributed by atoms with Gasteiger partial charge in [-0.2, -0.15) is 0 Å². The van der Waals surface area contributed by atoms with E-state index in [1.807, 2.05) is 0 Å². The van der Waals surface area contributed by atoms with Gasteiger partial charge in [-0.1, -0.05) is 13.3 Å². The molecule has 1 rings (SSSR count). The van der Waals surface area contributed by atoms with Crippen LogP contribution in [0.3, 0.4) is 0 Å². The van der Waals surface area contributed by atoms with E-state index in [0.29, 0.717) is 26.0 Å². The maximum absolute atomic E-state index is 12.6. The van der Waals surface area contributed by atoms with Gasteiger partial charge >= 0.3 is 5.97 Å². The second-order valence-corrected chi connectivity index (χ2v) is 8.13. The van der Waals surface area contributed by atoms with E-state index in [1.165, 1.54) is 7.11 Å². The SMILES string of the molecule is CCCCOC1(C(=O)OC)CC(C)(C)N(CC(C)O)C(C)(C)C1. The zero-order chi connectivity index (χ0) is 17.9. The molecule has 1 N–H and O–H groups in total. The van der Waals surface area contributed by atoms with Gasteiger partial charge in [0, 0.05) is 37.1 Å². The van der Waals surface area contributed by atoms with Crippen LogP contribution in [-0.4, -0.2) is 59.0 Å². The molecule has 136 valence electrons. The number of unbranched alkanes of at least 4 members (excludes halogenated alkanes) is 1. The minimum atomic E-state index is -0.911. The maximum atomic E-state index is 12.6. The third-order valence-corrected chi connectivity index (χ3v) is 4.78. The van der Waals surface area contributed by atoms with Crippen LogP contribution in [0.15, 0.2) is 0 Å². The lowest BCUT2D eigenvalue weighted by atomic mass is 9.70. The lowest BCUT2D eigenvalue weighted by molar-refractivity contribution is -0.201. The lowest BCUT2D eigenvalue weighted by Gasteiger charge is -2.58. The molecule has 0 amide bonds. The molecule has 0 saturated carbocycles. The summed E-state index contributed by atoms with van der Waals surface area (Å²) in [7, 11) is 1.43. The summed E-state index contributed by atoms with van der Waals surface area (Å²) in [4.78, 5) is 14.9. The van der Waals surface area contributed by atoms with Crippen molar-refractivity contribution in [2.45, 2.75) is 90.0 Å². The first kappa shape index (κ1) is 20.4. The van der Waals surface area contributed by atoms with Gasteiger partial charge in [0.05, 0.1) is 13.2 Å². The van der Waals surface area contributed by atoms with Crippen LogP contribution in [0.2, 0.25) is 0 Å². The molecule has 0 aromatic heterocycles. The smallest absolute Gasteiger partial charge is 0.338 e. The number of rotatable bonds is 7. The fraction of sp³-hybridized carbons (Fsp3) is 0.944. The highest BCUT2D eigenvalue weighted by molar-refractivity contribution is 5.80. The van der Waals surface area contributed by atoms with E-state index in [0.717, 1.165) is 12.8 Å². The van der Waals surface area contributed by atoms with Crippen LogP contribution >= 0.6 is 0 Å². The highest BCUT2D eigenvalue weighted by Gasteiger charge is 2.57. The summed E-state index contributed by atoms with van der Waals surface area (Å²) in [6, 6.07) is 0. The first-order valence-electron chi connectivity index (χ1n) is 8.69. The number of likely N-dealkylation sites (tertiary alicyclic amines) is 1. The topological polar surface area (TPSA) is 59.0 Å². The molecule has 1 fully saturated rings. The molecule has 0 bridgehead atoms. The van der Waals surface area contributed by atoms with Gasteiger partial charge in [0.25, 0.3) is 0 Å². The van der Waals surface area contributed by atoms with Gasteiger partial charge in [0.2, 0.25) is 0 Å². The van der Waals surface area contributed by atoms with Crippen molar-refractivity contribution in [2.24, 2.45) is 0 Å². The predicted molar refractivity (Wildman–Crippen MR) is 91.4 cm³/mol. The quantitative estimate of drug-likeness (QED) is 0.575. The number of methoxy groups -OCH3 is 1. The average molecular weight is 329 g/mol. The lowest BCUT2D eigenvalue weighted by Crippen LogP contribution is -2.69. The van der Waals surface area contributed by atoms with Crippen LogP contribution in [0.1, 0.15) is 67.2 Å². The fourth-order valence-electron chi connectivity index (χ4n) is 4.13. The molecule has 5 nitrogen and oxygen atoms in total. The van der Waals surface area contributed by atoms with E-state index >= 15 is 0 Å². The summed E-state index contributed by atoms with van der Waals surface area (Å²) >= 11 is 0. The van der Waals surface area contributed by atoms with Gasteiger partial charge < -0.3 is 14.6 Å². The Bertz CT molecular complexity index is 386. The zero-order valence-electron chi connectivity index (χ0n) is 15.9. The van der Waals surface area contributed by atoms with E-state index in [2.05, 4.69) is 39.5 Å². The number of piperidine rings is 1. The molecule has 1 unspecified atom stereocenters. The molecule has 1 saturated heterocycles. The van der Waals surface area contributed by atoms with Gasteiger partial charge in [0.15, 0.2) is 5.60 Å². The Morgan fingerprint density at radius 1 is 1.22 bits per heavy atom. The second kappa shape index (κ2) is 7.49. The summed E-state index contributed by atoms with van der Waals surface area (Å²) in [5, 5.41) is 9.86. The number of carbonyl (C=O) groups is 1. The summed E-state index contributed by atoms with van der Waals surface area (Å²) in [5.41, 5.74) is -1.47. The van der Waals surface area contributed by atoms with E-state index in [-0.39, 0.29) is 17.0 Å². The Morgan fingerprint density at radius 2 is 1.74 bits per heavy atom.